The number of benzene rings is 2. The predicted octanol–water partition coefficient (Wildman–Crippen LogP) is 2.77. The molecule has 0 unspecified atom stereocenters. The van der Waals surface area contributed by atoms with E-state index >= 15 is 0 Å². The number of hydrogen-bond acceptors (Lipinski definition) is 4. The highest BCUT2D eigenvalue weighted by molar-refractivity contribution is 5.81. The van der Waals surface area contributed by atoms with E-state index < -0.39 is 11.3 Å². The molecule has 0 bridgehead atoms. The van der Waals surface area contributed by atoms with Gasteiger partial charge in [-0.3, -0.25) is 10.0 Å². The molecule has 1 aliphatic heterocycles. The summed E-state index contributed by atoms with van der Waals surface area (Å²) in [6.45, 7) is 1.11. The van der Waals surface area contributed by atoms with Crippen LogP contribution in [-0.2, 0) is 9.53 Å². The summed E-state index contributed by atoms with van der Waals surface area (Å²) >= 11 is 0. The van der Waals surface area contributed by atoms with E-state index in [9.17, 15) is 4.79 Å². The summed E-state index contributed by atoms with van der Waals surface area (Å²) in [5, 5.41) is 9.04. The monoisotopic (exact) mass is 375 g/mol. The first-order valence-corrected chi connectivity index (χ1v) is 9.04. The van der Waals surface area contributed by atoms with Crippen molar-refractivity contribution in [3.05, 3.63) is 65.7 Å². The molecule has 2 aromatic rings. The Balaban J connectivity index is 1.59. The van der Waals surface area contributed by atoms with Crippen molar-refractivity contribution in [2.24, 2.45) is 5.41 Å². The third-order valence-electron chi connectivity index (χ3n) is 4.65. The van der Waals surface area contributed by atoms with E-state index in [1.807, 2.05) is 42.5 Å². The van der Waals surface area contributed by atoms with Crippen LogP contribution < -0.4 is 10.2 Å². The van der Waals surface area contributed by atoms with Gasteiger partial charge in [-0.25, -0.2) is 5.48 Å². The fourth-order valence-corrected chi connectivity index (χ4v) is 2.90. The molecule has 28 heavy (non-hydrogen) atoms. The van der Waals surface area contributed by atoms with Crippen LogP contribution in [-0.4, -0.2) is 30.9 Å². The molecule has 0 aromatic heterocycles. The molecule has 142 valence electrons. The highest BCUT2D eigenvalue weighted by Gasteiger charge is 2.41. The summed E-state index contributed by atoms with van der Waals surface area (Å²) < 4.78 is 11.1. The molecule has 1 saturated heterocycles. The van der Waals surface area contributed by atoms with Crippen LogP contribution in [0.5, 0.6) is 5.75 Å². The second-order valence-electron chi connectivity index (χ2n) is 6.51. The van der Waals surface area contributed by atoms with Crippen molar-refractivity contribution in [1.82, 2.24) is 5.48 Å². The van der Waals surface area contributed by atoms with Crippen LogP contribution in [0.1, 0.15) is 24.0 Å². The number of nitrogens with one attached hydrogen (secondary N) is 1. The molecule has 0 radical (unpaired) electrons. The lowest BCUT2D eigenvalue weighted by molar-refractivity contribution is -0.148. The van der Waals surface area contributed by atoms with Gasteiger partial charge in [0.15, 0.2) is 0 Å². The Morgan fingerprint density at radius 2 is 1.61 bits per heavy atom. The summed E-state index contributed by atoms with van der Waals surface area (Å²) in [7, 11) is 0. The molecule has 5 heteroatoms. The Morgan fingerprint density at radius 1 is 1.00 bits per heavy atom. The second kappa shape index (κ2) is 9.62. The van der Waals surface area contributed by atoms with Gasteiger partial charge in [0.25, 0.3) is 5.91 Å². The number of hydrogen-bond donors (Lipinski definition) is 2. The van der Waals surface area contributed by atoms with E-state index in [1.54, 1.807) is 17.6 Å². The fraction of sp³-hybridized carbons (Fsp3) is 0.261. The number of hydroxylamine groups is 1. The minimum absolute atomic E-state index is 0.177. The van der Waals surface area contributed by atoms with Gasteiger partial charge >= 0.3 is 0 Å². The molecule has 3 rings (SSSR count). The first-order valence-electron chi connectivity index (χ1n) is 9.04. The van der Waals surface area contributed by atoms with Crippen LogP contribution >= 0.6 is 0 Å². The molecule has 0 atom stereocenters. The second-order valence-corrected chi connectivity index (χ2v) is 6.51. The average Bonchev–Trinajstić information content (AvgIpc) is 2.77. The zero-order valence-electron chi connectivity index (χ0n) is 15.4. The lowest BCUT2D eigenvalue weighted by atomic mass is 9.80. The number of amides is 1. The summed E-state index contributed by atoms with van der Waals surface area (Å²) in [5.74, 6) is 11.8. The number of carbonyl (C=O) groups is 1. The Kier molecular flexibility index (Phi) is 6.70. The van der Waals surface area contributed by atoms with Crippen LogP contribution in [0.2, 0.25) is 0 Å². The quantitative estimate of drug-likeness (QED) is 0.490. The summed E-state index contributed by atoms with van der Waals surface area (Å²) in [4.78, 5) is 12.1. The molecule has 5 nitrogen and oxygen atoms in total. The van der Waals surface area contributed by atoms with E-state index in [-0.39, 0.29) is 6.61 Å². The Hall–Kier alpha value is -3.25. The third-order valence-corrected chi connectivity index (χ3v) is 4.65. The average molecular weight is 375 g/mol. The minimum atomic E-state index is -0.779. The minimum Gasteiger partial charge on any atom is -0.492 e. The van der Waals surface area contributed by atoms with Crippen molar-refractivity contribution in [2.45, 2.75) is 12.8 Å². The molecular weight excluding hydrogens is 354 g/mol. The largest absolute Gasteiger partial charge is 0.492 e. The van der Waals surface area contributed by atoms with E-state index in [4.69, 9.17) is 14.7 Å². The van der Waals surface area contributed by atoms with E-state index in [2.05, 4.69) is 23.7 Å². The summed E-state index contributed by atoms with van der Waals surface area (Å²) in [5.41, 5.74) is 2.72. The fourth-order valence-electron chi connectivity index (χ4n) is 2.90. The standard InChI is InChI=1S/C23H21NO4/c25-22(24-26)23(14-16-27-17-15-23)18-28-21-12-10-20(11-13-21)9-5-4-8-19-6-2-1-3-7-19/h1-3,6-7,10-13,26H,14-18H2,(H,24,25). The zero-order valence-corrected chi connectivity index (χ0v) is 15.4. The molecule has 0 aliphatic carbocycles. The van der Waals surface area contributed by atoms with Crippen molar-refractivity contribution in [3.8, 4) is 29.4 Å². The van der Waals surface area contributed by atoms with E-state index in [1.165, 1.54) is 0 Å². The summed E-state index contributed by atoms with van der Waals surface area (Å²) in [6.07, 6.45) is 1.01. The van der Waals surface area contributed by atoms with Gasteiger partial charge in [-0.15, -0.1) is 0 Å². The molecule has 2 aromatic carbocycles. The van der Waals surface area contributed by atoms with Crippen LogP contribution in [0, 0.1) is 29.1 Å². The Morgan fingerprint density at radius 3 is 2.21 bits per heavy atom. The molecule has 1 aliphatic rings. The predicted molar refractivity (Wildman–Crippen MR) is 105 cm³/mol. The molecule has 2 N–H and O–H groups in total. The molecule has 0 saturated carbocycles. The highest BCUT2D eigenvalue weighted by atomic mass is 16.5. The first-order chi connectivity index (χ1) is 13.7. The van der Waals surface area contributed by atoms with Gasteiger partial charge in [0.05, 0.1) is 5.41 Å². The van der Waals surface area contributed by atoms with Crippen LogP contribution in [0.25, 0.3) is 0 Å². The van der Waals surface area contributed by atoms with Crippen molar-refractivity contribution in [3.63, 3.8) is 0 Å². The van der Waals surface area contributed by atoms with E-state index in [0.717, 1.165) is 11.1 Å². The smallest absolute Gasteiger partial charge is 0.253 e. The topological polar surface area (TPSA) is 67.8 Å². The van der Waals surface area contributed by atoms with Crippen molar-refractivity contribution in [2.75, 3.05) is 19.8 Å². The molecule has 1 fully saturated rings. The molecule has 1 heterocycles. The van der Waals surface area contributed by atoms with Crippen molar-refractivity contribution < 1.29 is 19.5 Å². The van der Waals surface area contributed by atoms with Crippen LogP contribution in [0.3, 0.4) is 0 Å². The maximum absolute atomic E-state index is 12.1. The summed E-state index contributed by atoms with van der Waals surface area (Å²) in [6, 6.07) is 17.0. The number of rotatable bonds is 4. The van der Waals surface area contributed by atoms with E-state index in [0.29, 0.717) is 31.8 Å². The highest BCUT2D eigenvalue weighted by Crippen LogP contribution is 2.31. The first kappa shape index (κ1) is 19.5. The normalized spacial score (nSPS) is 14.6. The van der Waals surface area contributed by atoms with Crippen molar-refractivity contribution >= 4 is 5.91 Å². The third kappa shape index (κ3) is 5.14. The van der Waals surface area contributed by atoms with Gasteiger partial charge in [0, 0.05) is 24.3 Å². The van der Waals surface area contributed by atoms with Gasteiger partial charge in [-0.05, 0) is 61.1 Å². The van der Waals surface area contributed by atoms with Crippen LogP contribution in [0.15, 0.2) is 54.6 Å². The zero-order chi connectivity index (χ0) is 19.7. The number of carbonyl (C=O) groups excluding carboxylic acids is 1. The Labute approximate surface area is 164 Å². The van der Waals surface area contributed by atoms with Gasteiger partial charge in [0.1, 0.15) is 12.4 Å². The maximum Gasteiger partial charge on any atom is 0.253 e. The number of ether oxygens (including phenoxy) is 2. The SMILES string of the molecule is O=C(NO)C1(COc2ccc(C#CC#Cc3ccccc3)cc2)CCOCC1. The lowest BCUT2D eigenvalue weighted by Crippen LogP contribution is -2.47. The van der Waals surface area contributed by atoms with Crippen LogP contribution in [0.4, 0.5) is 0 Å². The Bertz CT molecular complexity index is 908. The lowest BCUT2D eigenvalue weighted by Gasteiger charge is -2.34. The molecule has 1 amide bonds. The molecule has 0 spiro atoms. The van der Waals surface area contributed by atoms with Gasteiger partial charge in [0.2, 0.25) is 0 Å². The van der Waals surface area contributed by atoms with Gasteiger partial charge in [-0.1, -0.05) is 30.0 Å². The van der Waals surface area contributed by atoms with Gasteiger partial charge < -0.3 is 9.47 Å². The van der Waals surface area contributed by atoms with Crippen molar-refractivity contribution in [1.29, 1.82) is 0 Å². The maximum atomic E-state index is 12.1. The molecular formula is C23H21NO4. The van der Waals surface area contributed by atoms with Gasteiger partial charge in [-0.2, -0.15) is 0 Å².